The molecule has 20 heavy (non-hydrogen) atoms. The summed E-state index contributed by atoms with van der Waals surface area (Å²) in [7, 11) is 0. The normalized spacial score (nSPS) is 18.3. The number of benzene rings is 1. The molecule has 0 saturated heterocycles. The van der Waals surface area contributed by atoms with E-state index in [2.05, 4.69) is 23.2 Å². The van der Waals surface area contributed by atoms with E-state index in [0.717, 1.165) is 36.7 Å². The van der Waals surface area contributed by atoms with Gasteiger partial charge in [0.05, 0.1) is 0 Å². The minimum Gasteiger partial charge on any atom is -0.368 e. The SMILES string of the molecule is CCCNCc1c(F)cccc1N(CC1CC1)C1CC1. The molecule has 0 aromatic heterocycles. The van der Waals surface area contributed by atoms with E-state index in [9.17, 15) is 4.39 Å². The molecule has 0 amide bonds. The van der Waals surface area contributed by atoms with Gasteiger partial charge in [0.2, 0.25) is 0 Å². The van der Waals surface area contributed by atoms with E-state index >= 15 is 0 Å². The van der Waals surface area contributed by atoms with Crippen molar-refractivity contribution in [3.05, 3.63) is 29.6 Å². The van der Waals surface area contributed by atoms with Crippen molar-refractivity contribution < 1.29 is 4.39 Å². The molecule has 2 aliphatic rings. The summed E-state index contributed by atoms with van der Waals surface area (Å²) in [6.45, 7) is 4.84. The van der Waals surface area contributed by atoms with Gasteiger partial charge in [-0.1, -0.05) is 13.0 Å². The Hall–Kier alpha value is -1.09. The smallest absolute Gasteiger partial charge is 0.129 e. The van der Waals surface area contributed by atoms with Gasteiger partial charge in [0.1, 0.15) is 5.82 Å². The van der Waals surface area contributed by atoms with Gasteiger partial charge in [0, 0.05) is 30.4 Å². The van der Waals surface area contributed by atoms with Gasteiger partial charge in [-0.25, -0.2) is 4.39 Å². The molecule has 0 aliphatic heterocycles. The lowest BCUT2D eigenvalue weighted by atomic mass is 10.1. The van der Waals surface area contributed by atoms with E-state index < -0.39 is 0 Å². The molecule has 2 saturated carbocycles. The van der Waals surface area contributed by atoms with Crippen molar-refractivity contribution in [3.63, 3.8) is 0 Å². The molecule has 0 heterocycles. The van der Waals surface area contributed by atoms with E-state index in [0.29, 0.717) is 12.6 Å². The second-order valence-electron chi connectivity index (χ2n) is 6.24. The van der Waals surface area contributed by atoms with Crippen LogP contribution in [0.15, 0.2) is 18.2 Å². The number of hydrogen-bond donors (Lipinski definition) is 1. The molecule has 2 fully saturated rings. The average molecular weight is 276 g/mol. The molecule has 1 N–H and O–H groups in total. The van der Waals surface area contributed by atoms with Crippen LogP contribution >= 0.6 is 0 Å². The largest absolute Gasteiger partial charge is 0.368 e. The van der Waals surface area contributed by atoms with E-state index in [1.165, 1.54) is 25.7 Å². The Bertz CT molecular complexity index is 452. The van der Waals surface area contributed by atoms with Crippen molar-refractivity contribution in [1.82, 2.24) is 5.32 Å². The standard InChI is InChI=1S/C17H25FN2/c1-2-10-19-11-15-16(18)4-3-5-17(15)20(14-8-9-14)12-13-6-7-13/h3-5,13-14,19H,2,6-12H2,1H3. The summed E-state index contributed by atoms with van der Waals surface area (Å²) in [5, 5.41) is 3.35. The maximum atomic E-state index is 14.2. The van der Waals surface area contributed by atoms with Crippen LogP contribution in [0, 0.1) is 11.7 Å². The van der Waals surface area contributed by atoms with Gasteiger partial charge in [0.15, 0.2) is 0 Å². The van der Waals surface area contributed by atoms with Gasteiger partial charge in [-0.05, 0) is 56.7 Å². The maximum Gasteiger partial charge on any atom is 0.129 e. The van der Waals surface area contributed by atoms with Crippen molar-refractivity contribution in [2.45, 2.75) is 51.6 Å². The summed E-state index contributed by atoms with van der Waals surface area (Å²) in [4.78, 5) is 2.48. The lowest BCUT2D eigenvalue weighted by molar-refractivity contribution is 0.582. The topological polar surface area (TPSA) is 15.3 Å². The minimum absolute atomic E-state index is 0.0625. The van der Waals surface area contributed by atoms with Crippen LogP contribution in [0.1, 0.15) is 44.6 Å². The molecular weight excluding hydrogens is 251 g/mol. The Morgan fingerprint density at radius 2 is 2.05 bits per heavy atom. The van der Waals surface area contributed by atoms with Crippen LogP contribution in [0.4, 0.5) is 10.1 Å². The lowest BCUT2D eigenvalue weighted by Crippen LogP contribution is -2.30. The number of nitrogens with zero attached hydrogens (tertiary/aromatic N) is 1. The van der Waals surface area contributed by atoms with E-state index in [4.69, 9.17) is 0 Å². The van der Waals surface area contributed by atoms with E-state index in [1.54, 1.807) is 6.07 Å². The van der Waals surface area contributed by atoms with Crippen LogP contribution in [-0.4, -0.2) is 19.1 Å². The Kier molecular flexibility index (Phi) is 4.25. The van der Waals surface area contributed by atoms with Crippen molar-refractivity contribution in [2.24, 2.45) is 5.92 Å². The van der Waals surface area contributed by atoms with Crippen LogP contribution in [0.2, 0.25) is 0 Å². The van der Waals surface area contributed by atoms with Crippen LogP contribution in [0.3, 0.4) is 0 Å². The number of halogens is 1. The molecule has 110 valence electrons. The molecule has 0 unspecified atom stereocenters. The third-order valence-corrected chi connectivity index (χ3v) is 4.27. The van der Waals surface area contributed by atoms with Gasteiger partial charge >= 0.3 is 0 Å². The molecular formula is C17H25FN2. The Morgan fingerprint density at radius 1 is 1.25 bits per heavy atom. The van der Waals surface area contributed by atoms with Crippen LogP contribution < -0.4 is 10.2 Å². The zero-order chi connectivity index (χ0) is 13.9. The summed E-state index contributed by atoms with van der Waals surface area (Å²) in [5.74, 6) is 0.780. The second kappa shape index (κ2) is 6.13. The zero-order valence-corrected chi connectivity index (χ0v) is 12.4. The maximum absolute atomic E-state index is 14.2. The second-order valence-corrected chi connectivity index (χ2v) is 6.24. The molecule has 3 heteroatoms. The van der Waals surface area contributed by atoms with Gasteiger partial charge in [-0.3, -0.25) is 0 Å². The fourth-order valence-electron chi connectivity index (χ4n) is 2.79. The molecule has 2 nitrogen and oxygen atoms in total. The van der Waals surface area contributed by atoms with Crippen LogP contribution in [-0.2, 0) is 6.54 Å². The third kappa shape index (κ3) is 3.32. The number of nitrogens with one attached hydrogen (secondary N) is 1. The molecule has 0 radical (unpaired) electrons. The summed E-state index contributed by atoms with van der Waals surface area (Å²) >= 11 is 0. The van der Waals surface area contributed by atoms with Crippen LogP contribution in [0.5, 0.6) is 0 Å². The van der Waals surface area contributed by atoms with Crippen molar-refractivity contribution in [2.75, 3.05) is 18.0 Å². The fraction of sp³-hybridized carbons (Fsp3) is 0.647. The number of hydrogen-bond acceptors (Lipinski definition) is 2. The van der Waals surface area contributed by atoms with E-state index in [1.807, 2.05) is 6.07 Å². The number of rotatable bonds is 8. The zero-order valence-electron chi connectivity index (χ0n) is 12.4. The highest BCUT2D eigenvalue weighted by Crippen LogP contribution is 2.39. The summed E-state index contributed by atoms with van der Waals surface area (Å²) in [6, 6.07) is 6.21. The molecule has 0 spiro atoms. The number of anilines is 1. The third-order valence-electron chi connectivity index (χ3n) is 4.27. The average Bonchev–Trinajstić information content (AvgIpc) is 3.31. The first-order valence-corrected chi connectivity index (χ1v) is 8.04. The first-order valence-electron chi connectivity index (χ1n) is 8.04. The summed E-state index contributed by atoms with van der Waals surface area (Å²) < 4.78 is 14.2. The Balaban J connectivity index is 1.79. The van der Waals surface area contributed by atoms with Gasteiger partial charge < -0.3 is 10.2 Å². The highest BCUT2D eigenvalue weighted by molar-refractivity contribution is 5.56. The van der Waals surface area contributed by atoms with Crippen LogP contribution in [0.25, 0.3) is 0 Å². The first-order chi connectivity index (χ1) is 9.79. The molecule has 0 bridgehead atoms. The quantitative estimate of drug-likeness (QED) is 0.728. The minimum atomic E-state index is -0.0625. The Morgan fingerprint density at radius 3 is 2.70 bits per heavy atom. The summed E-state index contributed by atoms with van der Waals surface area (Å²) in [5.41, 5.74) is 1.98. The van der Waals surface area contributed by atoms with Gasteiger partial charge in [0.25, 0.3) is 0 Å². The van der Waals surface area contributed by atoms with Gasteiger partial charge in [-0.15, -0.1) is 0 Å². The predicted molar refractivity (Wildman–Crippen MR) is 81.5 cm³/mol. The monoisotopic (exact) mass is 276 g/mol. The van der Waals surface area contributed by atoms with E-state index in [-0.39, 0.29) is 5.82 Å². The predicted octanol–water partition coefficient (Wildman–Crippen LogP) is 3.70. The molecule has 0 atom stereocenters. The highest BCUT2D eigenvalue weighted by Gasteiger charge is 2.35. The van der Waals surface area contributed by atoms with Crippen molar-refractivity contribution in [1.29, 1.82) is 0 Å². The van der Waals surface area contributed by atoms with Crippen molar-refractivity contribution in [3.8, 4) is 0 Å². The van der Waals surface area contributed by atoms with Crippen molar-refractivity contribution >= 4 is 5.69 Å². The van der Waals surface area contributed by atoms with Gasteiger partial charge in [-0.2, -0.15) is 0 Å². The molecule has 1 aromatic carbocycles. The molecule has 3 rings (SSSR count). The summed E-state index contributed by atoms with van der Waals surface area (Å²) in [6.07, 6.45) is 6.32. The highest BCUT2D eigenvalue weighted by atomic mass is 19.1. The molecule has 1 aromatic rings. The molecule has 2 aliphatic carbocycles. The first kappa shape index (κ1) is 13.9. The lowest BCUT2D eigenvalue weighted by Gasteiger charge is -2.27. The fourth-order valence-corrected chi connectivity index (χ4v) is 2.79. The Labute approximate surface area is 121 Å².